The molecule has 16 heavy (non-hydrogen) atoms. The highest BCUT2D eigenvalue weighted by Crippen LogP contribution is 2.03. The van der Waals surface area contributed by atoms with Crippen molar-refractivity contribution < 1.29 is 4.79 Å². The Morgan fingerprint density at radius 1 is 1.50 bits per heavy atom. The van der Waals surface area contributed by atoms with Gasteiger partial charge in [0.25, 0.3) is 0 Å². The molecule has 0 aliphatic rings. The number of aryl methyl sites for hydroxylation is 1. The fourth-order valence-electron chi connectivity index (χ4n) is 1.21. The Morgan fingerprint density at radius 3 is 2.88 bits per heavy atom. The van der Waals surface area contributed by atoms with Gasteiger partial charge in [0.15, 0.2) is 0 Å². The van der Waals surface area contributed by atoms with Gasteiger partial charge in [-0.3, -0.25) is 4.79 Å². The molecule has 4 heteroatoms. The van der Waals surface area contributed by atoms with Gasteiger partial charge in [-0.1, -0.05) is 13.0 Å². The minimum atomic E-state index is -0.0570. The van der Waals surface area contributed by atoms with Crippen LogP contribution in [-0.4, -0.2) is 23.5 Å². The maximum absolute atomic E-state index is 11.5. The smallest absolute Gasteiger partial charge is 0.239 e. The van der Waals surface area contributed by atoms with Crippen LogP contribution in [0.1, 0.15) is 26.0 Å². The molecule has 1 heterocycles. The molecule has 0 radical (unpaired) electrons. The number of aromatic nitrogens is 1. The van der Waals surface area contributed by atoms with E-state index in [1.54, 1.807) is 6.07 Å². The Morgan fingerprint density at radius 2 is 2.25 bits per heavy atom. The third-order valence-corrected chi connectivity index (χ3v) is 2.38. The van der Waals surface area contributed by atoms with E-state index in [9.17, 15) is 4.79 Å². The summed E-state index contributed by atoms with van der Waals surface area (Å²) in [6.07, 6.45) is 1.01. The maximum Gasteiger partial charge on any atom is 0.239 e. The summed E-state index contributed by atoms with van der Waals surface area (Å²) in [5.74, 6) is 0.550. The van der Waals surface area contributed by atoms with Crippen LogP contribution in [0.5, 0.6) is 0 Å². The Balaban J connectivity index is 2.40. The average Bonchev–Trinajstić information content (AvgIpc) is 2.26. The van der Waals surface area contributed by atoms with Gasteiger partial charge < -0.3 is 10.6 Å². The van der Waals surface area contributed by atoms with Crippen LogP contribution < -0.4 is 10.6 Å². The Hall–Kier alpha value is -1.42. The largest absolute Gasteiger partial charge is 0.310 e. The molecule has 1 atom stereocenters. The maximum atomic E-state index is 11.5. The summed E-state index contributed by atoms with van der Waals surface area (Å²) in [6.45, 7) is 6.35. The quantitative estimate of drug-likeness (QED) is 0.796. The normalized spacial score (nSPS) is 12.2. The zero-order valence-corrected chi connectivity index (χ0v) is 10.1. The molecule has 1 rings (SSSR count). The zero-order valence-electron chi connectivity index (χ0n) is 10.1. The summed E-state index contributed by atoms with van der Waals surface area (Å²) >= 11 is 0. The van der Waals surface area contributed by atoms with Crippen molar-refractivity contribution in [1.29, 1.82) is 0 Å². The SMILES string of the molecule is CCC(C)NCC(=O)Nc1cccc(C)n1. The topological polar surface area (TPSA) is 54.0 Å². The van der Waals surface area contributed by atoms with Crippen molar-refractivity contribution in [3.8, 4) is 0 Å². The predicted octanol–water partition coefficient (Wildman–Crippen LogP) is 1.72. The second-order valence-electron chi connectivity index (χ2n) is 3.90. The molecule has 88 valence electrons. The van der Waals surface area contributed by atoms with E-state index in [2.05, 4.69) is 29.5 Å². The molecule has 1 aromatic rings. The van der Waals surface area contributed by atoms with Gasteiger partial charge in [0.05, 0.1) is 6.54 Å². The molecule has 0 bridgehead atoms. The first-order valence-electron chi connectivity index (χ1n) is 5.58. The molecular formula is C12H19N3O. The fraction of sp³-hybridized carbons (Fsp3) is 0.500. The van der Waals surface area contributed by atoms with E-state index < -0.39 is 0 Å². The van der Waals surface area contributed by atoms with Crippen molar-refractivity contribution in [1.82, 2.24) is 10.3 Å². The summed E-state index contributed by atoms with van der Waals surface area (Å²) in [5.41, 5.74) is 0.896. The van der Waals surface area contributed by atoms with Crippen molar-refractivity contribution in [2.75, 3.05) is 11.9 Å². The average molecular weight is 221 g/mol. The highest BCUT2D eigenvalue weighted by atomic mass is 16.1. The summed E-state index contributed by atoms with van der Waals surface area (Å²) in [5, 5.41) is 5.88. The first-order chi connectivity index (χ1) is 7.61. The lowest BCUT2D eigenvalue weighted by atomic mass is 10.2. The third kappa shape index (κ3) is 4.40. The molecule has 1 aromatic heterocycles. The zero-order chi connectivity index (χ0) is 12.0. The van der Waals surface area contributed by atoms with E-state index in [-0.39, 0.29) is 5.91 Å². The minimum absolute atomic E-state index is 0.0570. The van der Waals surface area contributed by atoms with E-state index in [0.717, 1.165) is 12.1 Å². The third-order valence-electron chi connectivity index (χ3n) is 2.38. The van der Waals surface area contributed by atoms with Gasteiger partial charge >= 0.3 is 0 Å². The van der Waals surface area contributed by atoms with Crippen molar-refractivity contribution in [3.05, 3.63) is 23.9 Å². The lowest BCUT2D eigenvalue weighted by Gasteiger charge is -2.11. The highest BCUT2D eigenvalue weighted by molar-refractivity contribution is 5.91. The van der Waals surface area contributed by atoms with Crippen LogP contribution in [0.3, 0.4) is 0 Å². The number of pyridine rings is 1. The fourth-order valence-corrected chi connectivity index (χ4v) is 1.21. The van der Waals surface area contributed by atoms with Crippen molar-refractivity contribution >= 4 is 11.7 Å². The van der Waals surface area contributed by atoms with E-state index >= 15 is 0 Å². The second kappa shape index (κ2) is 6.23. The molecule has 1 unspecified atom stereocenters. The summed E-state index contributed by atoms with van der Waals surface area (Å²) < 4.78 is 0. The van der Waals surface area contributed by atoms with Crippen LogP contribution in [0, 0.1) is 6.92 Å². The van der Waals surface area contributed by atoms with Gasteiger partial charge in [-0.15, -0.1) is 0 Å². The number of hydrogen-bond donors (Lipinski definition) is 2. The first kappa shape index (κ1) is 12.6. The lowest BCUT2D eigenvalue weighted by Crippen LogP contribution is -2.34. The van der Waals surface area contributed by atoms with Crippen LogP contribution >= 0.6 is 0 Å². The van der Waals surface area contributed by atoms with Crippen molar-refractivity contribution in [3.63, 3.8) is 0 Å². The van der Waals surface area contributed by atoms with Gasteiger partial charge in [0, 0.05) is 11.7 Å². The van der Waals surface area contributed by atoms with E-state index in [1.165, 1.54) is 0 Å². The van der Waals surface area contributed by atoms with E-state index in [4.69, 9.17) is 0 Å². The molecule has 2 N–H and O–H groups in total. The van der Waals surface area contributed by atoms with E-state index in [0.29, 0.717) is 18.4 Å². The van der Waals surface area contributed by atoms with Gasteiger partial charge in [-0.25, -0.2) is 4.98 Å². The number of anilines is 1. The monoisotopic (exact) mass is 221 g/mol. The van der Waals surface area contributed by atoms with Gasteiger partial charge in [-0.2, -0.15) is 0 Å². The molecule has 4 nitrogen and oxygen atoms in total. The van der Waals surface area contributed by atoms with Crippen molar-refractivity contribution in [2.45, 2.75) is 33.2 Å². The first-order valence-corrected chi connectivity index (χ1v) is 5.58. The standard InChI is InChI=1S/C12H19N3O/c1-4-9(2)13-8-12(16)15-11-7-5-6-10(3)14-11/h5-7,9,13H,4,8H2,1-3H3,(H,14,15,16). The molecule has 0 saturated heterocycles. The Kier molecular flexibility index (Phi) is 4.92. The van der Waals surface area contributed by atoms with Crippen LogP contribution in [0.15, 0.2) is 18.2 Å². The van der Waals surface area contributed by atoms with Crippen LogP contribution in [-0.2, 0) is 4.79 Å². The number of nitrogens with one attached hydrogen (secondary N) is 2. The van der Waals surface area contributed by atoms with Crippen LogP contribution in [0.4, 0.5) is 5.82 Å². The molecular weight excluding hydrogens is 202 g/mol. The summed E-state index contributed by atoms with van der Waals surface area (Å²) in [7, 11) is 0. The Labute approximate surface area is 96.5 Å². The number of carbonyl (C=O) groups excluding carboxylic acids is 1. The summed E-state index contributed by atoms with van der Waals surface area (Å²) in [6, 6.07) is 5.91. The number of hydrogen-bond acceptors (Lipinski definition) is 3. The number of carbonyl (C=O) groups is 1. The van der Waals surface area contributed by atoms with Crippen molar-refractivity contribution in [2.24, 2.45) is 0 Å². The van der Waals surface area contributed by atoms with E-state index in [1.807, 2.05) is 19.1 Å². The number of amides is 1. The molecule has 0 aromatic carbocycles. The highest BCUT2D eigenvalue weighted by Gasteiger charge is 2.04. The molecule has 0 spiro atoms. The number of nitrogens with zero attached hydrogens (tertiary/aromatic N) is 1. The second-order valence-corrected chi connectivity index (χ2v) is 3.90. The predicted molar refractivity (Wildman–Crippen MR) is 65.4 cm³/mol. The number of rotatable bonds is 5. The Bertz CT molecular complexity index is 352. The summed E-state index contributed by atoms with van der Waals surface area (Å²) in [4.78, 5) is 15.7. The molecule has 0 aliphatic carbocycles. The van der Waals surface area contributed by atoms with Gasteiger partial charge in [0.1, 0.15) is 5.82 Å². The minimum Gasteiger partial charge on any atom is -0.310 e. The molecule has 1 amide bonds. The molecule has 0 fully saturated rings. The lowest BCUT2D eigenvalue weighted by molar-refractivity contribution is -0.115. The molecule has 0 aliphatic heterocycles. The van der Waals surface area contributed by atoms with Gasteiger partial charge in [-0.05, 0) is 32.4 Å². The van der Waals surface area contributed by atoms with Gasteiger partial charge in [0.2, 0.25) is 5.91 Å². The molecule has 0 saturated carbocycles. The van der Waals surface area contributed by atoms with Crippen LogP contribution in [0.25, 0.3) is 0 Å². The van der Waals surface area contributed by atoms with Crippen LogP contribution in [0.2, 0.25) is 0 Å².